The molecule has 0 saturated heterocycles. The number of amides is 1. The number of benzene rings is 2. The molecule has 6 heteroatoms. The molecule has 2 aromatic rings. The smallest absolute Gasteiger partial charge is 0.255 e. The molecule has 20 heavy (non-hydrogen) atoms. The molecule has 2 aromatic carbocycles. The van der Waals surface area contributed by atoms with Crippen LogP contribution in [0.4, 0.5) is 11.4 Å². The van der Waals surface area contributed by atoms with E-state index in [0.717, 1.165) is 0 Å². The number of nitrogens with one attached hydrogen (secondary N) is 1. The molecule has 104 valence electrons. The molecule has 0 aliphatic carbocycles. The van der Waals surface area contributed by atoms with Gasteiger partial charge in [0, 0.05) is 11.3 Å². The van der Waals surface area contributed by atoms with E-state index in [1.807, 2.05) is 0 Å². The van der Waals surface area contributed by atoms with Gasteiger partial charge >= 0.3 is 0 Å². The minimum atomic E-state index is -0.294. The lowest BCUT2D eigenvalue weighted by Gasteiger charge is -2.09. The van der Waals surface area contributed by atoms with E-state index in [9.17, 15) is 4.79 Å². The summed E-state index contributed by atoms with van der Waals surface area (Å²) in [6, 6.07) is 9.67. The van der Waals surface area contributed by atoms with Crippen molar-refractivity contribution in [1.82, 2.24) is 0 Å². The van der Waals surface area contributed by atoms with E-state index < -0.39 is 0 Å². The summed E-state index contributed by atoms with van der Waals surface area (Å²) in [5.41, 5.74) is 7.14. The summed E-state index contributed by atoms with van der Waals surface area (Å²) in [5, 5.41) is 3.52. The number of rotatable bonds is 3. The predicted molar refractivity (Wildman–Crippen MR) is 81.8 cm³/mol. The summed E-state index contributed by atoms with van der Waals surface area (Å²) < 4.78 is 5.04. The summed E-state index contributed by atoms with van der Waals surface area (Å²) in [7, 11) is 1.52. The van der Waals surface area contributed by atoms with E-state index in [0.29, 0.717) is 32.7 Å². The number of methoxy groups -OCH3 is 1. The van der Waals surface area contributed by atoms with E-state index in [1.165, 1.54) is 7.11 Å². The zero-order valence-electron chi connectivity index (χ0n) is 10.6. The van der Waals surface area contributed by atoms with Gasteiger partial charge in [-0.2, -0.15) is 0 Å². The highest BCUT2D eigenvalue weighted by molar-refractivity contribution is 6.42. The summed E-state index contributed by atoms with van der Waals surface area (Å²) in [5.74, 6) is 0.230. The van der Waals surface area contributed by atoms with Gasteiger partial charge in [-0.05, 0) is 36.4 Å². The van der Waals surface area contributed by atoms with Crippen LogP contribution < -0.4 is 15.8 Å². The number of hydrogen-bond donors (Lipinski definition) is 2. The average molecular weight is 311 g/mol. The van der Waals surface area contributed by atoms with Crippen molar-refractivity contribution in [3.8, 4) is 5.75 Å². The third-order valence-electron chi connectivity index (χ3n) is 2.67. The quantitative estimate of drug-likeness (QED) is 0.847. The van der Waals surface area contributed by atoms with Crippen molar-refractivity contribution >= 4 is 40.5 Å². The van der Waals surface area contributed by atoms with Crippen LogP contribution in [0.1, 0.15) is 10.4 Å². The number of ether oxygens (including phenoxy) is 1. The highest BCUT2D eigenvalue weighted by atomic mass is 35.5. The third kappa shape index (κ3) is 3.15. The maximum atomic E-state index is 12.1. The van der Waals surface area contributed by atoms with Crippen LogP contribution in [0, 0.1) is 0 Å². The second-order valence-electron chi connectivity index (χ2n) is 4.04. The van der Waals surface area contributed by atoms with Crippen molar-refractivity contribution < 1.29 is 9.53 Å². The third-order valence-corrected chi connectivity index (χ3v) is 3.41. The number of nitrogens with two attached hydrogens (primary N) is 1. The maximum Gasteiger partial charge on any atom is 0.255 e. The SMILES string of the molecule is COc1ccc(C(=O)Nc2ccc(Cl)c(Cl)c2)cc1N. The van der Waals surface area contributed by atoms with E-state index in [2.05, 4.69) is 5.32 Å². The van der Waals surface area contributed by atoms with Gasteiger partial charge in [0.05, 0.1) is 22.8 Å². The molecule has 0 spiro atoms. The van der Waals surface area contributed by atoms with Crippen LogP contribution in [0.5, 0.6) is 5.75 Å². The average Bonchev–Trinajstić information content (AvgIpc) is 2.42. The van der Waals surface area contributed by atoms with Crippen molar-refractivity contribution in [3.05, 3.63) is 52.0 Å². The first-order chi connectivity index (χ1) is 9.51. The number of hydrogen-bond acceptors (Lipinski definition) is 3. The van der Waals surface area contributed by atoms with E-state index >= 15 is 0 Å². The topological polar surface area (TPSA) is 64.3 Å². The largest absolute Gasteiger partial charge is 0.495 e. The number of anilines is 2. The van der Waals surface area contributed by atoms with Crippen LogP contribution in [-0.4, -0.2) is 13.0 Å². The normalized spacial score (nSPS) is 10.2. The molecular formula is C14H12Cl2N2O2. The summed E-state index contributed by atoms with van der Waals surface area (Å²) >= 11 is 11.7. The lowest BCUT2D eigenvalue weighted by atomic mass is 10.1. The fraction of sp³-hybridized carbons (Fsp3) is 0.0714. The minimum absolute atomic E-state index is 0.294. The fourth-order valence-electron chi connectivity index (χ4n) is 1.65. The lowest BCUT2D eigenvalue weighted by molar-refractivity contribution is 0.102. The lowest BCUT2D eigenvalue weighted by Crippen LogP contribution is -2.12. The highest BCUT2D eigenvalue weighted by Crippen LogP contribution is 2.26. The van der Waals surface area contributed by atoms with E-state index in [1.54, 1.807) is 36.4 Å². The second-order valence-corrected chi connectivity index (χ2v) is 4.85. The number of carbonyl (C=O) groups excluding carboxylic acids is 1. The molecule has 0 aliphatic heterocycles. The molecule has 0 radical (unpaired) electrons. The fourth-order valence-corrected chi connectivity index (χ4v) is 1.95. The Labute approximate surface area is 126 Å². The Bertz CT molecular complexity index is 660. The minimum Gasteiger partial charge on any atom is -0.495 e. The number of halogens is 2. The molecule has 0 fully saturated rings. The molecule has 0 saturated carbocycles. The first-order valence-corrected chi connectivity index (χ1v) is 6.47. The van der Waals surface area contributed by atoms with Gasteiger partial charge in [0.1, 0.15) is 5.75 Å². The van der Waals surface area contributed by atoms with Crippen LogP contribution in [0.15, 0.2) is 36.4 Å². The Kier molecular flexibility index (Phi) is 4.37. The Morgan fingerprint density at radius 3 is 2.50 bits per heavy atom. The van der Waals surface area contributed by atoms with Crippen LogP contribution in [0.3, 0.4) is 0 Å². The van der Waals surface area contributed by atoms with Gasteiger partial charge in [-0.1, -0.05) is 23.2 Å². The Balaban J connectivity index is 2.19. The van der Waals surface area contributed by atoms with Gasteiger partial charge in [0.25, 0.3) is 5.91 Å². The van der Waals surface area contributed by atoms with Gasteiger partial charge in [-0.3, -0.25) is 4.79 Å². The van der Waals surface area contributed by atoms with Gasteiger partial charge in [0.15, 0.2) is 0 Å². The van der Waals surface area contributed by atoms with Crippen LogP contribution in [0.25, 0.3) is 0 Å². The monoisotopic (exact) mass is 310 g/mol. The molecule has 0 aliphatic rings. The van der Waals surface area contributed by atoms with Gasteiger partial charge in [-0.25, -0.2) is 0 Å². The van der Waals surface area contributed by atoms with Crippen LogP contribution >= 0.6 is 23.2 Å². The highest BCUT2D eigenvalue weighted by Gasteiger charge is 2.09. The van der Waals surface area contributed by atoms with E-state index in [4.69, 9.17) is 33.7 Å². The zero-order chi connectivity index (χ0) is 14.7. The molecule has 0 atom stereocenters. The Hall–Kier alpha value is -1.91. The molecule has 3 N–H and O–H groups in total. The van der Waals surface area contributed by atoms with Crippen LogP contribution in [0.2, 0.25) is 10.0 Å². The van der Waals surface area contributed by atoms with E-state index in [-0.39, 0.29) is 5.91 Å². The summed E-state index contributed by atoms with van der Waals surface area (Å²) in [4.78, 5) is 12.1. The zero-order valence-corrected chi connectivity index (χ0v) is 12.1. The molecule has 4 nitrogen and oxygen atoms in total. The molecular weight excluding hydrogens is 299 g/mol. The first kappa shape index (κ1) is 14.5. The standard InChI is InChI=1S/C14H12Cl2N2O2/c1-20-13-5-2-8(6-12(13)17)14(19)18-9-3-4-10(15)11(16)7-9/h2-7H,17H2,1H3,(H,18,19). The molecule has 0 aromatic heterocycles. The second kappa shape index (κ2) is 6.03. The van der Waals surface area contributed by atoms with Crippen molar-refractivity contribution in [2.24, 2.45) is 0 Å². The van der Waals surface area contributed by atoms with Crippen molar-refractivity contribution in [2.45, 2.75) is 0 Å². The molecule has 0 heterocycles. The van der Waals surface area contributed by atoms with Gasteiger partial charge in [0.2, 0.25) is 0 Å². The molecule has 0 bridgehead atoms. The first-order valence-electron chi connectivity index (χ1n) is 5.71. The number of carbonyl (C=O) groups is 1. The molecule has 0 unspecified atom stereocenters. The van der Waals surface area contributed by atoms with Crippen molar-refractivity contribution in [3.63, 3.8) is 0 Å². The summed E-state index contributed by atoms with van der Waals surface area (Å²) in [6.07, 6.45) is 0. The molecule has 1 amide bonds. The Morgan fingerprint density at radius 1 is 1.15 bits per heavy atom. The van der Waals surface area contributed by atoms with Crippen molar-refractivity contribution in [1.29, 1.82) is 0 Å². The van der Waals surface area contributed by atoms with Gasteiger partial charge in [-0.15, -0.1) is 0 Å². The van der Waals surface area contributed by atoms with Crippen molar-refractivity contribution in [2.75, 3.05) is 18.2 Å². The van der Waals surface area contributed by atoms with Crippen LogP contribution in [-0.2, 0) is 0 Å². The Morgan fingerprint density at radius 2 is 1.90 bits per heavy atom. The molecule has 2 rings (SSSR count). The number of nitrogen functional groups attached to an aromatic ring is 1. The maximum absolute atomic E-state index is 12.1. The predicted octanol–water partition coefficient (Wildman–Crippen LogP) is 3.84. The van der Waals surface area contributed by atoms with Gasteiger partial charge < -0.3 is 15.8 Å². The summed E-state index contributed by atoms with van der Waals surface area (Å²) in [6.45, 7) is 0.